The Bertz CT molecular complexity index is 909. The predicted molar refractivity (Wildman–Crippen MR) is 97.6 cm³/mol. The van der Waals surface area contributed by atoms with Crippen molar-refractivity contribution in [2.75, 3.05) is 0 Å². The molecular weight excluding hydrogens is 300 g/mol. The van der Waals surface area contributed by atoms with Crippen molar-refractivity contribution in [1.82, 2.24) is 4.98 Å². The molecule has 0 radical (unpaired) electrons. The minimum atomic E-state index is -0.305. The first-order valence-electron chi connectivity index (χ1n) is 8.28. The molecule has 24 heavy (non-hydrogen) atoms. The van der Waals surface area contributed by atoms with E-state index in [1.54, 1.807) is 6.07 Å². The van der Waals surface area contributed by atoms with Crippen molar-refractivity contribution in [2.24, 2.45) is 0 Å². The molecule has 0 aliphatic carbocycles. The summed E-state index contributed by atoms with van der Waals surface area (Å²) in [6.45, 7) is 5.93. The van der Waals surface area contributed by atoms with Crippen molar-refractivity contribution in [2.45, 2.75) is 40.0 Å². The maximum absolute atomic E-state index is 11.0. The largest absolute Gasteiger partial charge is 0.361 e. The van der Waals surface area contributed by atoms with Gasteiger partial charge < -0.3 is 4.98 Å². The third-order valence-corrected chi connectivity index (χ3v) is 4.97. The average molecular weight is 322 g/mol. The van der Waals surface area contributed by atoms with Gasteiger partial charge in [-0.05, 0) is 62.3 Å². The molecule has 0 saturated carbocycles. The van der Waals surface area contributed by atoms with Gasteiger partial charge in [-0.3, -0.25) is 10.1 Å². The van der Waals surface area contributed by atoms with E-state index in [1.165, 1.54) is 27.6 Å². The van der Waals surface area contributed by atoms with Crippen LogP contribution in [0.1, 0.15) is 34.2 Å². The highest BCUT2D eigenvalue weighted by atomic mass is 16.6. The number of para-hydroxylation sites is 1. The van der Waals surface area contributed by atoms with Gasteiger partial charge in [-0.1, -0.05) is 24.3 Å². The lowest BCUT2D eigenvalue weighted by Crippen LogP contribution is -1.99. The van der Waals surface area contributed by atoms with E-state index in [2.05, 4.69) is 36.3 Å². The number of fused-ring (bicyclic) bond motifs is 1. The number of aromatic nitrogens is 1. The van der Waals surface area contributed by atoms with Crippen LogP contribution in [0, 0.1) is 30.9 Å². The van der Waals surface area contributed by atoms with Gasteiger partial charge >= 0.3 is 0 Å². The maximum atomic E-state index is 11.0. The van der Waals surface area contributed by atoms with E-state index in [4.69, 9.17) is 0 Å². The van der Waals surface area contributed by atoms with Gasteiger partial charge in [0, 0.05) is 28.7 Å². The zero-order chi connectivity index (χ0) is 17.3. The number of nitrogens with zero attached hydrogens (tertiary/aromatic N) is 1. The third-order valence-electron chi connectivity index (χ3n) is 4.97. The van der Waals surface area contributed by atoms with Gasteiger partial charge in [0.2, 0.25) is 0 Å². The monoisotopic (exact) mass is 322 g/mol. The maximum Gasteiger partial charge on any atom is 0.272 e. The molecule has 0 atom stereocenters. The molecule has 1 N–H and O–H groups in total. The fourth-order valence-corrected chi connectivity index (χ4v) is 3.37. The molecule has 3 rings (SSSR count). The Balaban J connectivity index is 1.73. The number of aryl methyl sites for hydroxylation is 3. The molecule has 1 aromatic heterocycles. The van der Waals surface area contributed by atoms with Gasteiger partial charge in [-0.25, -0.2) is 0 Å². The molecule has 0 spiro atoms. The van der Waals surface area contributed by atoms with Crippen molar-refractivity contribution in [3.05, 3.63) is 74.5 Å². The highest BCUT2D eigenvalue weighted by Crippen LogP contribution is 2.26. The summed E-state index contributed by atoms with van der Waals surface area (Å²) >= 11 is 0. The Labute approximate surface area is 141 Å². The number of hydrogen-bond acceptors (Lipinski definition) is 2. The van der Waals surface area contributed by atoms with Crippen LogP contribution in [0.2, 0.25) is 0 Å². The molecular formula is C20H22N2O2. The quantitative estimate of drug-likeness (QED) is 0.520. The van der Waals surface area contributed by atoms with Gasteiger partial charge in [0.25, 0.3) is 5.69 Å². The molecule has 4 heteroatoms. The van der Waals surface area contributed by atoms with E-state index < -0.39 is 0 Å². The summed E-state index contributed by atoms with van der Waals surface area (Å²) in [7, 11) is 0. The molecule has 0 aliphatic heterocycles. The van der Waals surface area contributed by atoms with E-state index in [0.717, 1.165) is 30.4 Å². The Morgan fingerprint density at radius 1 is 1.00 bits per heavy atom. The van der Waals surface area contributed by atoms with Crippen molar-refractivity contribution in [3.8, 4) is 0 Å². The summed E-state index contributed by atoms with van der Waals surface area (Å²) in [5.41, 5.74) is 7.05. The number of nitrogens with one attached hydrogen (secondary N) is 1. The summed E-state index contributed by atoms with van der Waals surface area (Å²) < 4.78 is 0. The number of nitro groups is 1. The van der Waals surface area contributed by atoms with Gasteiger partial charge in [-0.15, -0.1) is 0 Å². The number of rotatable bonds is 5. The molecule has 124 valence electrons. The Morgan fingerprint density at radius 3 is 2.50 bits per heavy atom. The van der Waals surface area contributed by atoms with Crippen LogP contribution in [-0.2, 0) is 12.8 Å². The highest BCUT2D eigenvalue weighted by molar-refractivity contribution is 5.85. The van der Waals surface area contributed by atoms with Crippen LogP contribution >= 0.6 is 0 Å². The third kappa shape index (κ3) is 2.92. The second-order valence-corrected chi connectivity index (χ2v) is 6.42. The lowest BCUT2D eigenvalue weighted by Gasteiger charge is -2.09. The predicted octanol–water partition coefficient (Wildman–Crippen LogP) is 5.18. The molecule has 0 aliphatic rings. The number of nitro benzene ring substituents is 1. The lowest BCUT2D eigenvalue weighted by molar-refractivity contribution is -0.385. The van der Waals surface area contributed by atoms with Gasteiger partial charge in [0.05, 0.1) is 4.92 Å². The van der Waals surface area contributed by atoms with E-state index in [9.17, 15) is 10.1 Å². The summed E-state index contributed by atoms with van der Waals surface area (Å²) in [6, 6.07) is 9.91. The first kappa shape index (κ1) is 16.2. The van der Waals surface area contributed by atoms with Gasteiger partial charge in [0.15, 0.2) is 0 Å². The molecule has 0 amide bonds. The standard InChI is InChI=1S/C20H22N2O2/c1-13-6-4-9-18-17(12-21-20(13)18)8-5-7-16-10-11-19(22(23)24)15(3)14(16)2/h4,6,9-12,21H,5,7-8H2,1-3H3. The van der Waals surface area contributed by atoms with E-state index in [-0.39, 0.29) is 10.6 Å². The fraction of sp³-hybridized carbons (Fsp3) is 0.300. The van der Waals surface area contributed by atoms with E-state index in [0.29, 0.717) is 0 Å². The Morgan fingerprint density at radius 2 is 1.75 bits per heavy atom. The van der Waals surface area contributed by atoms with Crippen LogP contribution < -0.4 is 0 Å². The highest BCUT2D eigenvalue weighted by Gasteiger charge is 2.14. The molecule has 1 heterocycles. The SMILES string of the molecule is Cc1c(CCCc2c[nH]c3c(C)cccc23)ccc([N+](=O)[O-])c1C. The molecule has 0 fully saturated rings. The minimum Gasteiger partial charge on any atom is -0.361 e. The lowest BCUT2D eigenvalue weighted by atomic mass is 9.96. The van der Waals surface area contributed by atoms with Crippen LogP contribution in [0.4, 0.5) is 5.69 Å². The van der Waals surface area contributed by atoms with Crippen LogP contribution in [0.25, 0.3) is 10.9 Å². The van der Waals surface area contributed by atoms with Gasteiger partial charge in [-0.2, -0.15) is 0 Å². The number of benzene rings is 2. The van der Waals surface area contributed by atoms with E-state index >= 15 is 0 Å². The van der Waals surface area contributed by atoms with E-state index in [1.807, 2.05) is 19.9 Å². The van der Waals surface area contributed by atoms with Crippen molar-refractivity contribution in [3.63, 3.8) is 0 Å². The fourth-order valence-electron chi connectivity index (χ4n) is 3.37. The summed E-state index contributed by atoms with van der Waals surface area (Å²) in [5, 5.41) is 12.3. The van der Waals surface area contributed by atoms with Crippen molar-refractivity contribution < 1.29 is 4.92 Å². The molecule has 3 aromatic rings. The Hall–Kier alpha value is -2.62. The van der Waals surface area contributed by atoms with Crippen molar-refractivity contribution in [1.29, 1.82) is 0 Å². The summed E-state index contributed by atoms with van der Waals surface area (Å²) in [4.78, 5) is 14.1. The van der Waals surface area contributed by atoms with Crippen LogP contribution in [0.5, 0.6) is 0 Å². The van der Waals surface area contributed by atoms with Crippen LogP contribution in [0.15, 0.2) is 36.5 Å². The first-order chi connectivity index (χ1) is 11.5. The minimum absolute atomic E-state index is 0.211. The summed E-state index contributed by atoms with van der Waals surface area (Å²) in [6.07, 6.45) is 5.06. The van der Waals surface area contributed by atoms with Crippen LogP contribution in [-0.4, -0.2) is 9.91 Å². The van der Waals surface area contributed by atoms with Crippen molar-refractivity contribution >= 4 is 16.6 Å². The van der Waals surface area contributed by atoms with Gasteiger partial charge in [0.1, 0.15) is 0 Å². The normalized spacial score (nSPS) is 11.1. The topological polar surface area (TPSA) is 58.9 Å². The molecule has 0 bridgehead atoms. The zero-order valence-corrected chi connectivity index (χ0v) is 14.3. The smallest absolute Gasteiger partial charge is 0.272 e. The number of H-pyrrole nitrogens is 1. The molecule has 0 saturated heterocycles. The first-order valence-corrected chi connectivity index (χ1v) is 8.28. The molecule has 4 nitrogen and oxygen atoms in total. The summed E-state index contributed by atoms with van der Waals surface area (Å²) in [5.74, 6) is 0. The zero-order valence-electron chi connectivity index (χ0n) is 14.3. The Kier molecular flexibility index (Phi) is 4.38. The number of hydrogen-bond donors (Lipinski definition) is 1. The number of aromatic amines is 1. The second kappa shape index (κ2) is 6.48. The second-order valence-electron chi connectivity index (χ2n) is 6.42. The van der Waals surface area contributed by atoms with Crippen LogP contribution in [0.3, 0.4) is 0 Å². The molecule has 0 unspecified atom stereocenters. The molecule has 2 aromatic carbocycles. The average Bonchev–Trinajstić information content (AvgIpc) is 2.96.